The van der Waals surface area contributed by atoms with E-state index in [9.17, 15) is 0 Å². The van der Waals surface area contributed by atoms with Crippen LogP contribution < -0.4 is 0 Å². The number of hydrogen-bond acceptors (Lipinski definition) is 2. The van der Waals surface area contributed by atoms with Crippen molar-refractivity contribution < 1.29 is 9.31 Å². The summed E-state index contributed by atoms with van der Waals surface area (Å²) in [5, 5.41) is 0. The van der Waals surface area contributed by atoms with Gasteiger partial charge in [0.25, 0.3) is 0 Å². The van der Waals surface area contributed by atoms with Crippen LogP contribution >= 0.6 is 11.6 Å². The summed E-state index contributed by atoms with van der Waals surface area (Å²) in [4.78, 5) is 0. The van der Waals surface area contributed by atoms with Crippen LogP contribution in [0.4, 0.5) is 0 Å². The van der Waals surface area contributed by atoms with Gasteiger partial charge in [0, 0.05) is 0 Å². The average molecular weight is 233 g/mol. The second kappa shape index (κ2) is 5.07. The number of hydrogen-bond donors (Lipinski definition) is 0. The third-order valence-corrected chi connectivity index (χ3v) is 4.21. The Morgan fingerprint density at radius 2 is 1.20 bits per heavy atom. The predicted molar refractivity (Wildman–Crippen MR) is 65.3 cm³/mol. The van der Waals surface area contributed by atoms with E-state index in [1.165, 1.54) is 0 Å². The lowest BCUT2D eigenvalue weighted by Gasteiger charge is -2.42. The van der Waals surface area contributed by atoms with E-state index < -0.39 is 0 Å². The quantitative estimate of drug-likeness (QED) is 0.534. The molecule has 1 aliphatic heterocycles. The Balaban J connectivity index is 3.00. The number of halogens is 1. The molecule has 0 aromatic heterocycles. The summed E-state index contributed by atoms with van der Waals surface area (Å²) in [5.41, 5.74) is -0.286. The molecule has 0 aromatic carbocycles. The molecule has 1 heterocycles. The summed E-state index contributed by atoms with van der Waals surface area (Å²) in [6, 6.07) is 0. The smallest absolute Gasteiger partial charge is 0.402 e. The minimum atomic E-state index is -0.230. The summed E-state index contributed by atoms with van der Waals surface area (Å²) >= 11 is 5.84. The molecule has 1 aliphatic rings. The summed E-state index contributed by atoms with van der Waals surface area (Å²) < 4.78 is 12.1. The molecule has 0 unspecified atom stereocenters. The van der Waals surface area contributed by atoms with E-state index in [1.54, 1.807) is 0 Å². The molecule has 1 fully saturated rings. The Labute approximate surface area is 98.8 Å². The lowest BCUT2D eigenvalue weighted by molar-refractivity contribution is -0.0601. The Morgan fingerprint density at radius 1 is 0.867 bits per heavy atom. The van der Waals surface area contributed by atoms with Crippen LogP contribution in [0.5, 0.6) is 0 Å². The van der Waals surface area contributed by atoms with E-state index in [4.69, 9.17) is 20.9 Å². The molecule has 1 saturated heterocycles. The third kappa shape index (κ3) is 1.94. The highest BCUT2D eigenvalue weighted by atomic mass is 35.5. The lowest BCUT2D eigenvalue weighted by atomic mass is 9.75. The van der Waals surface area contributed by atoms with Gasteiger partial charge in [-0.25, -0.2) is 0 Å². The Bertz CT molecular complexity index is 183. The minimum Gasteiger partial charge on any atom is -0.402 e. The van der Waals surface area contributed by atoms with Gasteiger partial charge in [0.2, 0.25) is 0 Å². The SMILES string of the molecule is CCC1(CC)OB(CCl)OC1(CC)CC. The van der Waals surface area contributed by atoms with Crippen molar-refractivity contribution >= 4 is 18.7 Å². The van der Waals surface area contributed by atoms with Gasteiger partial charge in [0.15, 0.2) is 0 Å². The van der Waals surface area contributed by atoms with Crippen molar-refractivity contribution in [1.29, 1.82) is 0 Å². The highest BCUT2D eigenvalue weighted by Crippen LogP contribution is 2.46. The van der Waals surface area contributed by atoms with Crippen LogP contribution in [0.2, 0.25) is 0 Å². The maximum Gasteiger partial charge on any atom is 0.473 e. The molecule has 0 aliphatic carbocycles. The van der Waals surface area contributed by atoms with Crippen LogP contribution in [0.1, 0.15) is 53.4 Å². The van der Waals surface area contributed by atoms with E-state index in [1.807, 2.05) is 0 Å². The molecular weight excluding hydrogens is 210 g/mol. The second-order valence-corrected chi connectivity index (χ2v) is 4.53. The van der Waals surface area contributed by atoms with Crippen LogP contribution in [0, 0.1) is 0 Å². The van der Waals surface area contributed by atoms with Gasteiger partial charge < -0.3 is 9.31 Å². The standard InChI is InChI=1S/C11H22BClO2/c1-5-10(6-2)11(7-3,8-4)15-12(9-13)14-10/h5-9H2,1-4H3. The monoisotopic (exact) mass is 232 g/mol. The molecule has 0 bridgehead atoms. The fraction of sp³-hybridized carbons (Fsp3) is 1.00. The fourth-order valence-corrected chi connectivity index (χ4v) is 3.05. The molecule has 88 valence electrons. The van der Waals surface area contributed by atoms with Crippen LogP contribution in [-0.2, 0) is 9.31 Å². The molecule has 0 atom stereocenters. The second-order valence-electron chi connectivity index (χ2n) is 4.22. The largest absolute Gasteiger partial charge is 0.473 e. The maximum absolute atomic E-state index is 6.04. The summed E-state index contributed by atoms with van der Waals surface area (Å²) in [7, 11) is -0.230. The molecule has 1 rings (SSSR count). The van der Waals surface area contributed by atoms with Crippen molar-refractivity contribution in [3.8, 4) is 0 Å². The molecule has 0 radical (unpaired) electrons. The molecule has 0 spiro atoms. The van der Waals surface area contributed by atoms with Crippen LogP contribution in [0.15, 0.2) is 0 Å². The normalized spacial score (nSPS) is 23.4. The first-order valence-corrected chi connectivity index (χ1v) is 6.58. The van der Waals surface area contributed by atoms with Crippen molar-refractivity contribution in [1.82, 2.24) is 0 Å². The molecule has 2 nitrogen and oxygen atoms in total. The van der Waals surface area contributed by atoms with Crippen molar-refractivity contribution in [3.05, 3.63) is 0 Å². The van der Waals surface area contributed by atoms with Gasteiger partial charge in [-0.15, -0.1) is 11.6 Å². The average Bonchev–Trinajstić information content (AvgIpc) is 2.64. The Kier molecular flexibility index (Phi) is 4.51. The van der Waals surface area contributed by atoms with Gasteiger partial charge >= 0.3 is 7.12 Å². The van der Waals surface area contributed by atoms with Gasteiger partial charge in [0.05, 0.1) is 17.0 Å². The van der Waals surface area contributed by atoms with Gasteiger partial charge in [0.1, 0.15) is 0 Å². The van der Waals surface area contributed by atoms with E-state index >= 15 is 0 Å². The van der Waals surface area contributed by atoms with Gasteiger partial charge in [-0.3, -0.25) is 0 Å². The van der Waals surface area contributed by atoms with Crippen LogP contribution in [0.25, 0.3) is 0 Å². The zero-order chi connectivity index (χ0) is 11.5. The van der Waals surface area contributed by atoms with E-state index in [0.717, 1.165) is 25.7 Å². The lowest BCUT2D eigenvalue weighted by Crippen LogP contribution is -2.50. The summed E-state index contributed by atoms with van der Waals surface area (Å²) in [6.07, 6.45) is 3.94. The zero-order valence-electron chi connectivity index (χ0n) is 10.3. The minimum absolute atomic E-state index is 0.143. The molecular formula is C11H22BClO2. The molecule has 4 heteroatoms. The Hall–Kier alpha value is 0.275. The highest BCUT2D eigenvalue weighted by Gasteiger charge is 2.57. The molecule has 0 amide bonds. The van der Waals surface area contributed by atoms with Crippen LogP contribution in [-0.4, -0.2) is 24.1 Å². The summed E-state index contributed by atoms with van der Waals surface area (Å²) in [5.74, 6) is 0.420. The number of alkyl halides is 1. The zero-order valence-corrected chi connectivity index (χ0v) is 11.1. The fourth-order valence-electron chi connectivity index (χ4n) is 2.93. The van der Waals surface area contributed by atoms with Crippen molar-refractivity contribution in [3.63, 3.8) is 0 Å². The topological polar surface area (TPSA) is 18.5 Å². The predicted octanol–water partition coefficient (Wildman–Crippen LogP) is 3.42. The van der Waals surface area contributed by atoms with Crippen molar-refractivity contribution in [2.75, 3.05) is 5.78 Å². The molecule has 15 heavy (non-hydrogen) atoms. The van der Waals surface area contributed by atoms with Crippen LogP contribution in [0.3, 0.4) is 0 Å². The first-order chi connectivity index (χ1) is 7.13. The van der Waals surface area contributed by atoms with E-state index in [0.29, 0.717) is 5.78 Å². The van der Waals surface area contributed by atoms with E-state index in [-0.39, 0.29) is 18.3 Å². The Morgan fingerprint density at radius 3 is 1.40 bits per heavy atom. The maximum atomic E-state index is 6.04. The van der Waals surface area contributed by atoms with Gasteiger partial charge in [-0.05, 0) is 25.7 Å². The first-order valence-electron chi connectivity index (χ1n) is 6.05. The third-order valence-electron chi connectivity index (χ3n) is 3.95. The van der Waals surface area contributed by atoms with Gasteiger partial charge in [-0.2, -0.15) is 0 Å². The number of rotatable bonds is 5. The summed E-state index contributed by atoms with van der Waals surface area (Å²) in [6.45, 7) is 8.68. The van der Waals surface area contributed by atoms with E-state index in [2.05, 4.69) is 27.7 Å². The molecule has 0 N–H and O–H groups in total. The van der Waals surface area contributed by atoms with Gasteiger partial charge in [-0.1, -0.05) is 27.7 Å². The van der Waals surface area contributed by atoms with Crippen molar-refractivity contribution in [2.45, 2.75) is 64.6 Å². The molecule has 0 aromatic rings. The molecule has 0 saturated carbocycles. The van der Waals surface area contributed by atoms with Crippen molar-refractivity contribution in [2.24, 2.45) is 0 Å². The highest BCUT2D eigenvalue weighted by molar-refractivity contribution is 6.57. The first kappa shape index (κ1) is 13.3.